The van der Waals surface area contributed by atoms with Crippen molar-refractivity contribution in [3.63, 3.8) is 0 Å². The van der Waals surface area contributed by atoms with E-state index in [1.165, 1.54) is 6.20 Å². The Morgan fingerprint density at radius 1 is 1.16 bits per heavy atom. The van der Waals surface area contributed by atoms with Crippen LogP contribution in [0.2, 0.25) is 0 Å². The van der Waals surface area contributed by atoms with E-state index in [0.717, 1.165) is 16.9 Å². The molecule has 0 aliphatic heterocycles. The number of amides is 2. The predicted octanol–water partition coefficient (Wildman–Crippen LogP) is 4.41. The summed E-state index contributed by atoms with van der Waals surface area (Å²) in [5.74, 6) is -5.29. The maximum absolute atomic E-state index is 13.3. The zero-order valence-electron chi connectivity index (χ0n) is 17.7. The van der Waals surface area contributed by atoms with Gasteiger partial charge < -0.3 is 15.7 Å². The molecule has 1 aliphatic carbocycles. The fraction of sp³-hybridized carbons (Fsp3) is 0.455. The molecule has 0 spiro atoms. The van der Waals surface area contributed by atoms with E-state index in [1.807, 2.05) is 0 Å². The normalized spacial score (nSPS) is 17.0. The number of halogens is 2. The highest BCUT2D eigenvalue weighted by atomic mass is 32.1. The average molecular weight is 466 g/mol. The maximum Gasteiger partial charge on any atom is 0.326 e. The fourth-order valence-corrected chi connectivity index (χ4v) is 4.32. The summed E-state index contributed by atoms with van der Waals surface area (Å²) in [6.45, 7) is 3.41. The molecule has 0 bridgehead atoms. The number of aromatic nitrogens is 1. The van der Waals surface area contributed by atoms with Crippen molar-refractivity contribution in [1.29, 1.82) is 0 Å². The molecule has 1 fully saturated rings. The molecular formula is C22H25F2N3O4S. The third kappa shape index (κ3) is 5.87. The fourth-order valence-electron chi connectivity index (χ4n) is 3.49. The lowest BCUT2D eigenvalue weighted by Gasteiger charge is -2.27. The molecule has 1 heterocycles. The van der Waals surface area contributed by atoms with Crippen LogP contribution in [0.1, 0.15) is 49.3 Å². The molecule has 1 unspecified atom stereocenters. The molecule has 172 valence electrons. The number of carbonyl (C=O) groups is 3. The second kappa shape index (κ2) is 9.72. The van der Waals surface area contributed by atoms with Gasteiger partial charge >= 0.3 is 5.97 Å². The van der Waals surface area contributed by atoms with Crippen LogP contribution in [0.3, 0.4) is 0 Å². The van der Waals surface area contributed by atoms with Crippen LogP contribution >= 0.6 is 11.3 Å². The van der Waals surface area contributed by atoms with E-state index >= 15 is 0 Å². The summed E-state index contributed by atoms with van der Waals surface area (Å²) in [4.78, 5) is 40.8. The van der Waals surface area contributed by atoms with Gasteiger partial charge in [0.15, 0.2) is 5.01 Å². The van der Waals surface area contributed by atoms with Gasteiger partial charge in [0.1, 0.15) is 6.04 Å². The number of anilines is 1. The topological polar surface area (TPSA) is 108 Å². The van der Waals surface area contributed by atoms with Crippen LogP contribution in [0.4, 0.5) is 14.5 Å². The molecule has 2 aromatic rings. The van der Waals surface area contributed by atoms with Gasteiger partial charge in [-0.25, -0.2) is 18.6 Å². The largest absolute Gasteiger partial charge is 0.480 e. The Kier molecular flexibility index (Phi) is 7.22. The van der Waals surface area contributed by atoms with Crippen LogP contribution < -0.4 is 10.6 Å². The molecule has 3 N–H and O–H groups in total. The van der Waals surface area contributed by atoms with Crippen LogP contribution in [0.25, 0.3) is 10.4 Å². The lowest BCUT2D eigenvalue weighted by Crippen LogP contribution is -2.44. The number of nitrogens with zero attached hydrogens (tertiary/aromatic N) is 1. The number of carbonyl (C=O) groups excluding carboxylic acids is 2. The standard InChI is InChI=1S/C22H25F2N3O4S/c1-12(2)17(21(30)31)27-19(29)20-25-11-16(32-20)13-3-5-15(6-4-13)26-18(28)14-7-9-22(23,24)10-8-14/h3-6,11-12,14,17H,7-10H2,1-2H3,(H,26,28)(H,27,29)(H,30,31). The van der Waals surface area contributed by atoms with Crippen LogP contribution in [-0.2, 0) is 9.59 Å². The SMILES string of the molecule is CC(C)C(NC(=O)c1ncc(-c2ccc(NC(=O)C3CCC(F)(F)CC3)cc2)s1)C(=O)O. The van der Waals surface area contributed by atoms with Crippen molar-refractivity contribution in [2.45, 2.75) is 51.5 Å². The van der Waals surface area contributed by atoms with Gasteiger partial charge in [-0.2, -0.15) is 0 Å². The van der Waals surface area contributed by atoms with Gasteiger partial charge in [0.25, 0.3) is 5.91 Å². The number of aliphatic carboxylic acids is 1. The molecule has 3 rings (SSSR count). The Hall–Kier alpha value is -2.88. The summed E-state index contributed by atoms with van der Waals surface area (Å²) >= 11 is 1.13. The first-order chi connectivity index (χ1) is 15.1. The Morgan fingerprint density at radius 2 is 1.78 bits per heavy atom. The van der Waals surface area contributed by atoms with E-state index in [-0.39, 0.29) is 42.5 Å². The number of nitrogens with one attached hydrogen (secondary N) is 2. The Morgan fingerprint density at radius 3 is 2.34 bits per heavy atom. The number of rotatable bonds is 7. The van der Waals surface area contributed by atoms with Crippen LogP contribution in [0.5, 0.6) is 0 Å². The molecule has 1 aromatic heterocycles. The lowest BCUT2D eigenvalue weighted by molar-refractivity contribution is -0.140. The van der Waals surface area contributed by atoms with Crippen LogP contribution in [-0.4, -0.2) is 39.8 Å². The molecule has 32 heavy (non-hydrogen) atoms. The van der Waals surface area contributed by atoms with E-state index in [0.29, 0.717) is 10.6 Å². The summed E-state index contributed by atoms with van der Waals surface area (Å²) < 4.78 is 26.5. The first kappa shape index (κ1) is 23.8. The van der Waals surface area contributed by atoms with Gasteiger partial charge in [-0.05, 0) is 36.5 Å². The van der Waals surface area contributed by atoms with Crippen molar-refractivity contribution < 1.29 is 28.3 Å². The number of thiazole rings is 1. The van der Waals surface area contributed by atoms with Crippen LogP contribution in [0.15, 0.2) is 30.5 Å². The minimum absolute atomic E-state index is 0.151. The van der Waals surface area contributed by atoms with Crippen molar-refractivity contribution >= 4 is 34.8 Å². The lowest BCUT2D eigenvalue weighted by atomic mass is 9.86. The van der Waals surface area contributed by atoms with E-state index in [1.54, 1.807) is 38.1 Å². The Labute approximate surface area is 188 Å². The van der Waals surface area contributed by atoms with Crippen molar-refractivity contribution in [3.8, 4) is 10.4 Å². The summed E-state index contributed by atoms with van der Waals surface area (Å²) in [7, 11) is 0. The number of hydrogen-bond acceptors (Lipinski definition) is 5. The summed E-state index contributed by atoms with van der Waals surface area (Å²) in [5, 5.41) is 14.6. The van der Waals surface area contributed by atoms with Gasteiger partial charge in [0, 0.05) is 30.6 Å². The molecule has 1 aromatic carbocycles. The van der Waals surface area contributed by atoms with Crippen molar-refractivity contribution in [1.82, 2.24) is 10.3 Å². The zero-order valence-corrected chi connectivity index (χ0v) is 18.5. The highest BCUT2D eigenvalue weighted by Gasteiger charge is 2.37. The third-order valence-corrected chi connectivity index (χ3v) is 6.49. The quantitative estimate of drug-likeness (QED) is 0.561. The first-order valence-corrected chi connectivity index (χ1v) is 11.2. The van der Waals surface area contributed by atoms with Gasteiger partial charge in [0.2, 0.25) is 11.8 Å². The van der Waals surface area contributed by atoms with E-state index < -0.39 is 29.8 Å². The molecule has 1 aliphatic rings. The van der Waals surface area contributed by atoms with E-state index in [9.17, 15) is 28.3 Å². The highest BCUT2D eigenvalue weighted by molar-refractivity contribution is 7.17. The molecule has 1 saturated carbocycles. The van der Waals surface area contributed by atoms with Gasteiger partial charge in [-0.15, -0.1) is 11.3 Å². The maximum atomic E-state index is 13.3. The molecule has 7 nitrogen and oxygen atoms in total. The number of benzene rings is 1. The molecule has 1 atom stereocenters. The minimum Gasteiger partial charge on any atom is -0.480 e. The van der Waals surface area contributed by atoms with Crippen LogP contribution in [0, 0.1) is 11.8 Å². The second-order valence-electron chi connectivity index (χ2n) is 8.26. The number of alkyl halides is 2. The molecule has 0 saturated heterocycles. The highest BCUT2D eigenvalue weighted by Crippen LogP contribution is 2.36. The third-order valence-electron chi connectivity index (χ3n) is 5.44. The van der Waals surface area contributed by atoms with Crippen molar-refractivity contribution in [2.75, 3.05) is 5.32 Å². The molecular weight excluding hydrogens is 440 g/mol. The zero-order chi connectivity index (χ0) is 23.5. The number of hydrogen-bond donors (Lipinski definition) is 3. The molecule has 0 radical (unpaired) electrons. The van der Waals surface area contributed by atoms with E-state index in [4.69, 9.17) is 0 Å². The van der Waals surface area contributed by atoms with Gasteiger partial charge in [-0.3, -0.25) is 9.59 Å². The summed E-state index contributed by atoms with van der Waals surface area (Å²) in [5.41, 5.74) is 1.33. The summed E-state index contributed by atoms with van der Waals surface area (Å²) in [6, 6.07) is 5.91. The minimum atomic E-state index is -2.67. The van der Waals surface area contributed by atoms with Crippen molar-refractivity contribution in [3.05, 3.63) is 35.5 Å². The number of carboxylic acids is 1. The molecule has 10 heteroatoms. The van der Waals surface area contributed by atoms with Crippen molar-refractivity contribution in [2.24, 2.45) is 11.8 Å². The Balaban J connectivity index is 1.61. The van der Waals surface area contributed by atoms with Gasteiger partial charge in [0.05, 0.1) is 4.88 Å². The summed E-state index contributed by atoms with van der Waals surface area (Å²) in [6.07, 6.45) is 1.33. The Bertz CT molecular complexity index is 981. The predicted molar refractivity (Wildman–Crippen MR) is 117 cm³/mol. The average Bonchev–Trinajstić information content (AvgIpc) is 3.22. The first-order valence-electron chi connectivity index (χ1n) is 10.3. The number of carboxylic acid groups (broad SMARTS) is 1. The van der Waals surface area contributed by atoms with Gasteiger partial charge in [-0.1, -0.05) is 26.0 Å². The second-order valence-corrected chi connectivity index (χ2v) is 9.29. The molecule has 2 amide bonds. The smallest absolute Gasteiger partial charge is 0.326 e. The monoisotopic (exact) mass is 465 g/mol. The van der Waals surface area contributed by atoms with E-state index in [2.05, 4.69) is 15.6 Å².